The minimum absolute atomic E-state index is 0.0483. The number of fused-ring (bicyclic) bond motifs is 1. The van der Waals surface area contributed by atoms with Crippen LogP contribution in [0.4, 0.5) is 5.69 Å². The number of carbonyl (C=O) groups excluding carboxylic acids is 4. The fourth-order valence-electron chi connectivity index (χ4n) is 3.16. The van der Waals surface area contributed by atoms with E-state index < -0.39 is 24.4 Å². The highest BCUT2D eigenvalue weighted by Crippen LogP contribution is 2.30. The van der Waals surface area contributed by atoms with Gasteiger partial charge in [-0.3, -0.25) is 14.4 Å². The van der Waals surface area contributed by atoms with E-state index in [2.05, 4.69) is 0 Å². The van der Waals surface area contributed by atoms with Crippen LogP contribution in [0.3, 0.4) is 0 Å². The summed E-state index contributed by atoms with van der Waals surface area (Å²) in [6, 6.07) is 18.2. The molecule has 1 heterocycles. The number of aromatic hydroxyl groups is 1. The molecule has 3 aromatic rings. The summed E-state index contributed by atoms with van der Waals surface area (Å²) in [4.78, 5) is 50.8. The number of carbonyl (C=O) groups is 4. The van der Waals surface area contributed by atoms with Crippen molar-refractivity contribution >= 4 is 29.3 Å². The van der Waals surface area contributed by atoms with Crippen molar-refractivity contribution in [2.75, 3.05) is 11.5 Å². The first-order chi connectivity index (χ1) is 14.5. The van der Waals surface area contributed by atoms with Crippen LogP contribution in [0.2, 0.25) is 0 Å². The third-order valence-corrected chi connectivity index (χ3v) is 4.64. The smallest absolute Gasteiger partial charge is 0.338 e. The molecule has 0 bridgehead atoms. The molecule has 1 aliphatic heterocycles. The first-order valence-corrected chi connectivity index (χ1v) is 9.03. The summed E-state index contributed by atoms with van der Waals surface area (Å²) >= 11 is 0. The molecule has 0 saturated carbocycles. The van der Waals surface area contributed by atoms with Crippen LogP contribution in [-0.4, -0.2) is 35.3 Å². The topological polar surface area (TPSA) is 101 Å². The number of anilines is 1. The van der Waals surface area contributed by atoms with Gasteiger partial charge in [0, 0.05) is 11.6 Å². The van der Waals surface area contributed by atoms with Gasteiger partial charge in [0.2, 0.25) is 0 Å². The van der Waals surface area contributed by atoms with E-state index in [9.17, 15) is 24.3 Å². The van der Waals surface area contributed by atoms with E-state index in [-0.39, 0.29) is 33.9 Å². The number of amides is 2. The fourth-order valence-corrected chi connectivity index (χ4v) is 3.16. The summed E-state index contributed by atoms with van der Waals surface area (Å²) in [6.07, 6.45) is 0. The molecule has 0 fully saturated rings. The van der Waals surface area contributed by atoms with E-state index in [4.69, 9.17) is 4.74 Å². The standard InChI is InChI=1S/C23H15NO6/c25-17-8-4-7-16(12-17)24-21(27)18-10-9-15(11-19(18)22(24)28)23(29)30-13-20(26)14-5-2-1-3-6-14/h1-12,25H,13H2. The van der Waals surface area contributed by atoms with E-state index in [1.54, 1.807) is 30.3 Å². The number of phenolic OH excluding ortho intramolecular Hbond substituents is 1. The monoisotopic (exact) mass is 401 g/mol. The lowest BCUT2D eigenvalue weighted by Gasteiger charge is -2.13. The highest BCUT2D eigenvalue weighted by molar-refractivity contribution is 6.34. The van der Waals surface area contributed by atoms with Crippen molar-refractivity contribution in [3.63, 3.8) is 0 Å². The predicted molar refractivity (Wildman–Crippen MR) is 107 cm³/mol. The van der Waals surface area contributed by atoms with Crippen LogP contribution in [-0.2, 0) is 4.74 Å². The van der Waals surface area contributed by atoms with Crippen LogP contribution in [0.15, 0.2) is 72.8 Å². The first-order valence-electron chi connectivity index (χ1n) is 9.03. The SMILES string of the molecule is O=C(COC(=O)c1ccc2c(c1)C(=O)N(c1cccc(O)c1)C2=O)c1ccccc1. The molecule has 0 saturated heterocycles. The van der Waals surface area contributed by atoms with Gasteiger partial charge in [-0.2, -0.15) is 0 Å². The number of benzene rings is 3. The summed E-state index contributed by atoms with van der Waals surface area (Å²) < 4.78 is 5.06. The molecule has 2 amide bonds. The Bertz CT molecular complexity index is 1190. The molecular weight excluding hydrogens is 386 g/mol. The number of imide groups is 1. The van der Waals surface area contributed by atoms with Crippen LogP contribution in [0.25, 0.3) is 0 Å². The third-order valence-electron chi connectivity index (χ3n) is 4.64. The molecule has 0 atom stereocenters. The van der Waals surface area contributed by atoms with Crippen LogP contribution in [0.5, 0.6) is 5.75 Å². The fraction of sp³-hybridized carbons (Fsp3) is 0.0435. The van der Waals surface area contributed by atoms with E-state index >= 15 is 0 Å². The molecule has 1 aliphatic rings. The van der Waals surface area contributed by atoms with Crippen molar-refractivity contribution in [2.45, 2.75) is 0 Å². The average Bonchev–Trinajstić information content (AvgIpc) is 3.02. The molecule has 30 heavy (non-hydrogen) atoms. The first kappa shape index (κ1) is 19.1. The van der Waals surface area contributed by atoms with Crippen LogP contribution >= 0.6 is 0 Å². The van der Waals surface area contributed by atoms with Crippen LogP contribution in [0.1, 0.15) is 41.4 Å². The zero-order valence-electron chi connectivity index (χ0n) is 15.6. The second kappa shape index (κ2) is 7.63. The Hall–Kier alpha value is -4.26. The summed E-state index contributed by atoms with van der Waals surface area (Å²) in [7, 11) is 0. The Morgan fingerprint density at radius 1 is 0.800 bits per heavy atom. The maximum absolute atomic E-state index is 12.8. The van der Waals surface area contributed by atoms with Gasteiger partial charge in [-0.1, -0.05) is 36.4 Å². The summed E-state index contributed by atoms with van der Waals surface area (Å²) in [5.41, 5.74) is 0.876. The highest BCUT2D eigenvalue weighted by Gasteiger charge is 2.37. The Morgan fingerprint density at radius 3 is 2.27 bits per heavy atom. The van der Waals surface area contributed by atoms with Gasteiger partial charge in [-0.15, -0.1) is 0 Å². The lowest BCUT2D eigenvalue weighted by atomic mass is 10.1. The molecule has 7 heteroatoms. The van der Waals surface area contributed by atoms with Gasteiger partial charge in [-0.05, 0) is 30.3 Å². The number of Topliss-reactive ketones (excluding diaryl/α,β-unsaturated/α-hetero) is 1. The molecule has 7 nitrogen and oxygen atoms in total. The van der Waals surface area contributed by atoms with Crippen LogP contribution < -0.4 is 4.90 Å². The lowest BCUT2D eigenvalue weighted by molar-refractivity contribution is 0.0474. The zero-order valence-corrected chi connectivity index (χ0v) is 15.6. The van der Waals surface area contributed by atoms with Crippen LogP contribution in [0, 0.1) is 0 Å². The quantitative estimate of drug-likeness (QED) is 0.400. The molecule has 148 valence electrons. The second-order valence-electron chi connectivity index (χ2n) is 6.59. The molecule has 0 radical (unpaired) electrons. The number of ketones is 1. The largest absolute Gasteiger partial charge is 0.508 e. The Labute approximate surface area is 171 Å². The van der Waals surface area contributed by atoms with E-state index in [0.717, 1.165) is 4.90 Å². The summed E-state index contributed by atoms with van der Waals surface area (Å²) in [5.74, 6) is -2.39. The number of rotatable bonds is 5. The highest BCUT2D eigenvalue weighted by atomic mass is 16.5. The molecule has 0 aromatic heterocycles. The van der Waals surface area contributed by atoms with Gasteiger partial charge >= 0.3 is 5.97 Å². The predicted octanol–water partition coefficient (Wildman–Crippen LogP) is 3.23. The number of nitrogens with zero attached hydrogens (tertiary/aromatic N) is 1. The van der Waals surface area contributed by atoms with Gasteiger partial charge in [0.25, 0.3) is 11.8 Å². The summed E-state index contributed by atoms with van der Waals surface area (Å²) in [5, 5.41) is 9.63. The zero-order chi connectivity index (χ0) is 21.3. The van der Waals surface area contributed by atoms with Gasteiger partial charge in [0.15, 0.2) is 12.4 Å². The Balaban J connectivity index is 1.52. The average molecular weight is 401 g/mol. The van der Waals surface area contributed by atoms with E-state index in [0.29, 0.717) is 5.56 Å². The van der Waals surface area contributed by atoms with Crippen molar-refractivity contribution < 1.29 is 29.0 Å². The number of esters is 1. The van der Waals surface area contributed by atoms with Gasteiger partial charge < -0.3 is 9.84 Å². The van der Waals surface area contributed by atoms with Crippen molar-refractivity contribution in [3.8, 4) is 5.75 Å². The maximum Gasteiger partial charge on any atom is 0.338 e. The second-order valence-corrected chi connectivity index (χ2v) is 6.59. The van der Waals surface area contributed by atoms with E-state index in [1.807, 2.05) is 0 Å². The minimum Gasteiger partial charge on any atom is -0.508 e. The molecule has 0 aliphatic carbocycles. The van der Waals surface area contributed by atoms with Crippen molar-refractivity contribution in [3.05, 3.63) is 95.1 Å². The van der Waals surface area contributed by atoms with Crippen molar-refractivity contribution in [1.82, 2.24) is 0 Å². The van der Waals surface area contributed by atoms with Crippen molar-refractivity contribution in [2.24, 2.45) is 0 Å². The minimum atomic E-state index is -0.780. The lowest BCUT2D eigenvalue weighted by Crippen LogP contribution is -2.29. The normalized spacial score (nSPS) is 12.6. The number of hydrogen-bond acceptors (Lipinski definition) is 6. The van der Waals surface area contributed by atoms with Gasteiger partial charge in [0.1, 0.15) is 5.75 Å². The van der Waals surface area contributed by atoms with Gasteiger partial charge in [-0.25, -0.2) is 9.69 Å². The summed E-state index contributed by atoms with van der Waals surface area (Å²) in [6.45, 7) is -0.442. The Kier molecular flexibility index (Phi) is 4.85. The molecule has 0 spiro atoms. The maximum atomic E-state index is 12.8. The van der Waals surface area contributed by atoms with E-state index in [1.165, 1.54) is 42.5 Å². The molecule has 3 aromatic carbocycles. The Morgan fingerprint density at radius 2 is 1.53 bits per heavy atom. The molecule has 1 N–H and O–H groups in total. The molecular formula is C23H15NO6. The molecule has 4 rings (SSSR count). The number of phenols is 1. The van der Waals surface area contributed by atoms with Gasteiger partial charge in [0.05, 0.1) is 22.4 Å². The molecule has 0 unspecified atom stereocenters. The van der Waals surface area contributed by atoms with Crippen molar-refractivity contribution in [1.29, 1.82) is 0 Å². The number of hydrogen-bond donors (Lipinski definition) is 1. The number of ether oxygens (including phenoxy) is 1. The third kappa shape index (κ3) is 3.44.